The number of nitrogens with one attached hydrogen (secondary N) is 2. The summed E-state index contributed by atoms with van der Waals surface area (Å²) >= 11 is 0. The van der Waals surface area contributed by atoms with Crippen LogP contribution in [0.3, 0.4) is 0 Å². The van der Waals surface area contributed by atoms with Gasteiger partial charge in [-0.25, -0.2) is 0 Å². The largest absolute Gasteiger partial charge is 0.497 e. The summed E-state index contributed by atoms with van der Waals surface area (Å²) in [7, 11) is 1.61. The van der Waals surface area contributed by atoms with E-state index in [2.05, 4.69) is 17.6 Å². The maximum atomic E-state index is 11.9. The van der Waals surface area contributed by atoms with E-state index in [4.69, 9.17) is 9.47 Å². The van der Waals surface area contributed by atoms with Gasteiger partial charge < -0.3 is 20.1 Å². The van der Waals surface area contributed by atoms with E-state index in [0.717, 1.165) is 31.1 Å². The molecular formula is C15H22N2O3. The van der Waals surface area contributed by atoms with Crippen LogP contribution in [-0.4, -0.2) is 38.8 Å². The van der Waals surface area contributed by atoms with Gasteiger partial charge in [-0.3, -0.25) is 4.79 Å². The second kappa shape index (κ2) is 7.26. The minimum Gasteiger partial charge on any atom is -0.497 e. The number of carbonyl (C=O) groups is 1. The van der Waals surface area contributed by atoms with E-state index in [1.165, 1.54) is 0 Å². The molecule has 0 radical (unpaired) electrons. The highest BCUT2D eigenvalue weighted by atomic mass is 16.5. The first-order chi connectivity index (χ1) is 9.69. The SMILES string of the molecule is COc1cccc(NC(=O)CNC(C)C2CCOC2)c1. The van der Waals surface area contributed by atoms with Crippen LogP contribution in [0.1, 0.15) is 13.3 Å². The quantitative estimate of drug-likeness (QED) is 0.830. The van der Waals surface area contributed by atoms with Gasteiger partial charge >= 0.3 is 0 Å². The van der Waals surface area contributed by atoms with Gasteiger partial charge in [0.1, 0.15) is 5.75 Å². The number of ether oxygens (including phenoxy) is 2. The molecule has 5 heteroatoms. The average molecular weight is 278 g/mol. The van der Waals surface area contributed by atoms with Gasteiger partial charge in [-0.05, 0) is 31.4 Å². The van der Waals surface area contributed by atoms with Crippen LogP contribution in [0.5, 0.6) is 5.75 Å². The van der Waals surface area contributed by atoms with Crippen molar-refractivity contribution in [3.8, 4) is 5.75 Å². The Bertz CT molecular complexity index is 444. The molecule has 20 heavy (non-hydrogen) atoms. The fourth-order valence-corrected chi connectivity index (χ4v) is 2.27. The Labute approximate surface area is 119 Å². The monoisotopic (exact) mass is 278 g/mol. The van der Waals surface area contributed by atoms with E-state index in [-0.39, 0.29) is 11.9 Å². The molecule has 0 spiro atoms. The predicted octanol–water partition coefficient (Wildman–Crippen LogP) is 1.65. The minimum absolute atomic E-state index is 0.0518. The zero-order chi connectivity index (χ0) is 14.4. The summed E-state index contributed by atoms with van der Waals surface area (Å²) in [6, 6.07) is 7.62. The molecule has 1 aromatic carbocycles. The van der Waals surface area contributed by atoms with Crippen molar-refractivity contribution in [3.05, 3.63) is 24.3 Å². The molecule has 110 valence electrons. The summed E-state index contributed by atoms with van der Waals surface area (Å²) in [6.45, 7) is 4.01. The Morgan fingerprint density at radius 2 is 2.40 bits per heavy atom. The van der Waals surface area contributed by atoms with Gasteiger partial charge in [0, 0.05) is 24.4 Å². The van der Waals surface area contributed by atoms with Crippen LogP contribution in [0.4, 0.5) is 5.69 Å². The van der Waals surface area contributed by atoms with E-state index in [9.17, 15) is 4.79 Å². The lowest BCUT2D eigenvalue weighted by Gasteiger charge is -2.19. The van der Waals surface area contributed by atoms with Gasteiger partial charge in [-0.1, -0.05) is 6.07 Å². The van der Waals surface area contributed by atoms with E-state index in [0.29, 0.717) is 12.5 Å². The van der Waals surface area contributed by atoms with Crippen LogP contribution in [0.25, 0.3) is 0 Å². The molecule has 1 heterocycles. The van der Waals surface area contributed by atoms with Crippen molar-refractivity contribution in [1.29, 1.82) is 0 Å². The number of rotatable bonds is 6. The summed E-state index contributed by atoms with van der Waals surface area (Å²) in [5.74, 6) is 1.18. The summed E-state index contributed by atoms with van der Waals surface area (Å²) in [6.07, 6.45) is 1.06. The Morgan fingerprint density at radius 1 is 1.55 bits per heavy atom. The predicted molar refractivity (Wildman–Crippen MR) is 78.0 cm³/mol. The Morgan fingerprint density at radius 3 is 3.10 bits per heavy atom. The zero-order valence-corrected chi connectivity index (χ0v) is 12.0. The van der Waals surface area contributed by atoms with Gasteiger partial charge in [-0.2, -0.15) is 0 Å². The second-order valence-corrected chi connectivity index (χ2v) is 5.07. The van der Waals surface area contributed by atoms with Crippen molar-refractivity contribution in [2.75, 3.05) is 32.2 Å². The first-order valence-corrected chi connectivity index (χ1v) is 6.94. The number of anilines is 1. The van der Waals surface area contributed by atoms with Crippen LogP contribution >= 0.6 is 0 Å². The van der Waals surface area contributed by atoms with E-state index < -0.39 is 0 Å². The van der Waals surface area contributed by atoms with Crippen molar-refractivity contribution in [1.82, 2.24) is 5.32 Å². The third-order valence-electron chi connectivity index (χ3n) is 3.61. The lowest BCUT2D eigenvalue weighted by atomic mass is 10.0. The molecule has 0 saturated carbocycles. The fraction of sp³-hybridized carbons (Fsp3) is 0.533. The number of amides is 1. The van der Waals surface area contributed by atoms with Crippen LogP contribution in [-0.2, 0) is 9.53 Å². The molecule has 0 bridgehead atoms. The summed E-state index contributed by atoms with van der Waals surface area (Å²) in [5, 5.41) is 6.10. The van der Waals surface area contributed by atoms with Crippen LogP contribution < -0.4 is 15.4 Å². The molecule has 1 saturated heterocycles. The van der Waals surface area contributed by atoms with Gasteiger partial charge in [-0.15, -0.1) is 0 Å². The molecule has 0 aromatic heterocycles. The standard InChI is InChI=1S/C15H22N2O3/c1-11(12-6-7-20-10-12)16-9-15(18)17-13-4-3-5-14(8-13)19-2/h3-5,8,11-12,16H,6-7,9-10H2,1-2H3,(H,17,18). The number of methoxy groups -OCH3 is 1. The molecule has 1 amide bonds. The average Bonchev–Trinajstić information content (AvgIpc) is 2.99. The highest BCUT2D eigenvalue weighted by Gasteiger charge is 2.22. The van der Waals surface area contributed by atoms with Gasteiger partial charge in [0.2, 0.25) is 5.91 Å². The molecule has 1 aliphatic rings. The molecule has 5 nitrogen and oxygen atoms in total. The maximum absolute atomic E-state index is 11.9. The number of carbonyl (C=O) groups excluding carboxylic acids is 1. The molecule has 2 unspecified atom stereocenters. The number of hydrogen-bond donors (Lipinski definition) is 2. The van der Waals surface area contributed by atoms with Gasteiger partial charge in [0.25, 0.3) is 0 Å². The third-order valence-corrected chi connectivity index (χ3v) is 3.61. The van der Waals surface area contributed by atoms with Crippen LogP contribution in [0, 0.1) is 5.92 Å². The molecule has 2 atom stereocenters. The Kier molecular flexibility index (Phi) is 5.38. The van der Waals surface area contributed by atoms with Crippen molar-refractivity contribution in [3.63, 3.8) is 0 Å². The number of hydrogen-bond acceptors (Lipinski definition) is 4. The fourth-order valence-electron chi connectivity index (χ4n) is 2.27. The summed E-state index contributed by atoms with van der Waals surface area (Å²) < 4.78 is 10.5. The van der Waals surface area contributed by atoms with Crippen LogP contribution in [0.15, 0.2) is 24.3 Å². The molecular weight excluding hydrogens is 256 g/mol. The lowest BCUT2D eigenvalue weighted by molar-refractivity contribution is -0.115. The van der Waals surface area contributed by atoms with Crippen molar-refractivity contribution in [2.24, 2.45) is 5.92 Å². The molecule has 1 aliphatic heterocycles. The summed E-state index contributed by atoms with van der Waals surface area (Å²) in [4.78, 5) is 11.9. The van der Waals surface area contributed by atoms with E-state index in [1.807, 2.05) is 18.2 Å². The maximum Gasteiger partial charge on any atom is 0.238 e. The van der Waals surface area contributed by atoms with Gasteiger partial charge in [0.15, 0.2) is 0 Å². The topological polar surface area (TPSA) is 59.6 Å². The number of benzene rings is 1. The van der Waals surface area contributed by atoms with E-state index in [1.54, 1.807) is 13.2 Å². The Balaban J connectivity index is 1.76. The lowest BCUT2D eigenvalue weighted by Crippen LogP contribution is -2.39. The van der Waals surface area contributed by atoms with Crippen molar-refractivity contribution < 1.29 is 14.3 Å². The molecule has 1 aromatic rings. The summed E-state index contributed by atoms with van der Waals surface area (Å²) in [5.41, 5.74) is 0.744. The van der Waals surface area contributed by atoms with Crippen LogP contribution in [0.2, 0.25) is 0 Å². The first-order valence-electron chi connectivity index (χ1n) is 6.94. The molecule has 0 aliphatic carbocycles. The zero-order valence-electron chi connectivity index (χ0n) is 12.0. The molecule has 2 rings (SSSR count). The van der Waals surface area contributed by atoms with Crippen molar-refractivity contribution in [2.45, 2.75) is 19.4 Å². The molecule has 2 N–H and O–H groups in total. The highest BCUT2D eigenvalue weighted by Crippen LogP contribution is 2.17. The minimum atomic E-state index is -0.0518. The normalized spacial score (nSPS) is 19.6. The molecule has 1 fully saturated rings. The Hall–Kier alpha value is -1.59. The van der Waals surface area contributed by atoms with Gasteiger partial charge in [0.05, 0.1) is 20.3 Å². The smallest absolute Gasteiger partial charge is 0.238 e. The second-order valence-electron chi connectivity index (χ2n) is 5.07. The van der Waals surface area contributed by atoms with Crippen molar-refractivity contribution >= 4 is 11.6 Å². The van der Waals surface area contributed by atoms with E-state index >= 15 is 0 Å². The third kappa shape index (κ3) is 4.21. The first kappa shape index (κ1) is 14.8. The highest BCUT2D eigenvalue weighted by molar-refractivity contribution is 5.92.